The molecule has 2 rings (SSSR count). The van der Waals surface area contributed by atoms with Crippen LogP contribution in [-0.2, 0) is 11.3 Å². The second kappa shape index (κ2) is 5.64. The summed E-state index contributed by atoms with van der Waals surface area (Å²) in [5.74, 6) is -0.0726. The first kappa shape index (κ1) is 11.9. The zero-order valence-corrected chi connectivity index (χ0v) is 9.93. The molecule has 1 aromatic carbocycles. The second-order valence-corrected chi connectivity index (χ2v) is 4.42. The van der Waals surface area contributed by atoms with Gasteiger partial charge in [0.25, 0.3) is 0 Å². The van der Waals surface area contributed by atoms with Crippen LogP contribution in [0.15, 0.2) is 43.0 Å². The molecule has 1 amide bonds. The Morgan fingerprint density at radius 1 is 1.47 bits per heavy atom. The monoisotopic (exact) mass is 230 g/mol. The van der Waals surface area contributed by atoms with Crippen LogP contribution in [0, 0.1) is 0 Å². The number of nitrogens with one attached hydrogen (secondary N) is 1. The van der Waals surface area contributed by atoms with Crippen molar-refractivity contribution < 1.29 is 4.79 Å². The standard InChI is InChI=1S/C14H18N2O/c1-2-14(17)15-13-8-9-16(11-13)10-12-6-4-3-5-7-12/h2-7,13H,1,8-11H2,(H,15,17). The maximum absolute atomic E-state index is 11.2. The van der Waals surface area contributed by atoms with Gasteiger partial charge in [0, 0.05) is 25.7 Å². The van der Waals surface area contributed by atoms with Gasteiger partial charge in [0.05, 0.1) is 0 Å². The van der Waals surface area contributed by atoms with Crippen molar-refractivity contribution in [3.63, 3.8) is 0 Å². The van der Waals surface area contributed by atoms with E-state index in [1.807, 2.05) is 6.07 Å². The second-order valence-electron chi connectivity index (χ2n) is 4.42. The molecule has 1 saturated heterocycles. The predicted octanol–water partition coefficient (Wildman–Crippen LogP) is 1.56. The third kappa shape index (κ3) is 3.43. The molecular weight excluding hydrogens is 212 g/mol. The van der Waals surface area contributed by atoms with Gasteiger partial charge in [0.1, 0.15) is 0 Å². The third-order valence-corrected chi connectivity index (χ3v) is 3.05. The van der Waals surface area contributed by atoms with Gasteiger partial charge in [-0.2, -0.15) is 0 Å². The van der Waals surface area contributed by atoms with Gasteiger partial charge in [-0.15, -0.1) is 0 Å². The van der Waals surface area contributed by atoms with E-state index in [9.17, 15) is 4.79 Å². The lowest BCUT2D eigenvalue weighted by molar-refractivity contribution is -0.117. The van der Waals surface area contributed by atoms with E-state index >= 15 is 0 Å². The van der Waals surface area contributed by atoms with Crippen LogP contribution in [0.5, 0.6) is 0 Å². The number of amides is 1. The smallest absolute Gasteiger partial charge is 0.243 e. The fourth-order valence-corrected chi connectivity index (χ4v) is 2.20. The van der Waals surface area contributed by atoms with Crippen LogP contribution in [0.25, 0.3) is 0 Å². The molecule has 1 fully saturated rings. The first-order valence-corrected chi connectivity index (χ1v) is 5.97. The SMILES string of the molecule is C=CC(=O)NC1CCN(Cc2ccccc2)C1. The van der Waals surface area contributed by atoms with E-state index in [4.69, 9.17) is 0 Å². The van der Waals surface area contributed by atoms with Gasteiger partial charge in [-0.25, -0.2) is 0 Å². The van der Waals surface area contributed by atoms with Gasteiger partial charge < -0.3 is 5.32 Å². The summed E-state index contributed by atoms with van der Waals surface area (Å²) in [5, 5.41) is 2.95. The van der Waals surface area contributed by atoms with E-state index in [0.29, 0.717) is 0 Å². The minimum atomic E-state index is -0.0726. The van der Waals surface area contributed by atoms with Gasteiger partial charge >= 0.3 is 0 Å². The zero-order valence-electron chi connectivity index (χ0n) is 9.93. The van der Waals surface area contributed by atoms with Crippen LogP contribution in [0.3, 0.4) is 0 Å². The highest BCUT2D eigenvalue weighted by atomic mass is 16.1. The Balaban J connectivity index is 1.82. The fraction of sp³-hybridized carbons (Fsp3) is 0.357. The summed E-state index contributed by atoms with van der Waals surface area (Å²) in [6, 6.07) is 10.7. The van der Waals surface area contributed by atoms with Gasteiger partial charge in [0.15, 0.2) is 0 Å². The first-order chi connectivity index (χ1) is 8.28. The van der Waals surface area contributed by atoms with Crippen molar-refractivity contribution in [2.24, 2.45) is 0 Å². The largest absolute Gasteiger partial charge is 0.349 e. The van der Waals surface area contributed by atoms with Gasteiger partial charge in [-0.3, -0.25) is 9.69 Å². The Morgan fingerprint density at radius 3 is 2.94 bits per heavy atom. The van der Waals surface area contributed by atoms with E-state index in [1.54, 1.807) is 0 Å². The number of carbonyl (C=O) groups is 1. The number of likely N-dealkylation sites (tertiary alicyclic amines) is 1. The average Bonchev–Trinajstić information content (AvgIpc) is 2.77. The first-order valence-electron chi connectivity index (χ1n) is 5.97. The molecule has 3 nitrogen and oxygen atoms in total. The van der Waals surface area contributed by atoms with E-state index in [0.717, 1.165) is 26.1 Å². The number of nitrogens with zero attached hydrogens (tertiary/aromatic N) is 1. The molecule has 0 bridgehead atoms. The minimum Gasteiger partial charge on any atom is -0.349 e. The summed E-state index contributed by atoms with van der Waals surface area (Å²) in [5.41, 5.74) is 1.32. The molecule has 0 spiro atoms. The van der Waals surface area contributed by atoms with E-state index < -0.39 is 0 Å². The third-order valence-electron chi connectivity index (χ3n) is 3.05. The molecule has 0 radical (unpaired) electrons. The normalized spacial score (nSPS) is 20.1. The lowest BCUT2D eigenvalue weighted by atomic mass is 10.2. The Morgan fingerprint density at radius 2 is 2.24 bits per heavy atom. The molecular formula is C14H18N2O. The molecule has 1 aliphatic rings. The zero-order chi connectivity index (χ0) is 12.1. The van der Waals surface area contributed by atoms with E-state index in [-0.39, 0.29) is 11.9 Å². The topological polar surface area (TPSA) is 32.3 Å². The van der Waals surface area contributed by atoms with Crippen molar-refractivity contribution in [1.29, 1.82) is 0 Å². The Labute approximate surface area is 102 Å². The molecule has 0 aliphatic carbocycles. The Hall–Kier alpha value is -1.61. The van der Waals surface area contributed by atoms with Gasteiger partial charge in [-0.05, 0) is 18.1 Å². The Kier molecular flexibility index (Phi) is 3.94. The predicted molar refractivity (Wildman–Crippen MR) is 68.5 cm³/mol. The summed E-state index contributed by atoms with van der Waals surface area (Å²) in [7, 11) is 0. The number of hydrogen-bond donors (Lipinski definition) is 1. The lowest BCUT2D eigenvalue weighted by Crippen LogP contribution is -2.35. The number of benzene rings is 1. The summed E-state index contributed by atoms with van der Waals surface area (Å²) in [6.45, 7) is 6.39. The van der Waals surface area contributed by atoms with Crippen molar-refractivity contribution in [3.05, 3.63) is 48.6 Å². The van der Waals surface area contributed by atoms with Gasteiger partial charge in [-0.1, -0.05) is 36.9 Å². The minimum absolute atomic E-state index is 0.0726. The molecule has 1 aromatic rings. The average molecular weight is 230 g/mol. The highest BCUT2D eigenvalue weighted by Gasteiger charge is 2.22. The van der Waals surface area contributed by atoms with Crippen LogP contribution in [0.1, 0.15) is 12.0 Å². The fourth-order valence-electron chi connectivity index (χ4n) is 2.20. The maximum Gasteiger partial charge on any atom is 0.243 e. The van der Waals surface area contributed by atoms with Crippen molar-refractivity contribution in [2.75, 3.05) is 13.1 Å². The van der Waals surface area contributed by atoms with Crippen LogP contribution >= 0.6 is 0 Å². The number of carbonyl (C=O) groups excluding carboxylic acids is 1. The molecule has 1 heterocycles. The molecule has 90 valence electrons. The molecule has 1 N–H and O–H groups in total. The summed E-state index contributed by atoms with van der Waals surface area (Å²) < 4.78 is 0. The van der Waals surface area contributed by atoms with Crippen LogP contribution in [-0.4, -0.2) is 29.9 Å². The number of hydrogen-bond acceptors (Lipinski definition) is 2. The molecule has 17 heavy (non-hydrogen) atoms. The Bertz CT molecular complexity index is 388. The molecule has 3 heteroatoms. The summed E-state index contributed by atoms with van der Waals surface area (Å²) >= 11 is 0. The van der Waals surface area contributed by atoms with Gasteiger partial charge in [0.2, 0.25) is 5.91 Å². The molecule has 0 saturated carbocycles. The van der Waals surface area contributed by atoms with E-state index in [1.165, 1.54) is 11.6 Å². The number of rotatable bonds is 4. The molecule has 0 aromatic heterocycles. The highest BCUT2D eigenvalue weighted by Crippen LogP contribution is 2.13. The summed E-state index contributed by atoms with van der Waals surface area (Å²) in [6.07, 6.45) is 2.35. The highest BCUT2D eigenvalue weighted by molar-refractivity contribution is 5.87. The lowest BCUT2D eigenvalue weighted by Gasteiger charge is -2.16. The maximum atomic E-state index is 11.2. The van der Waals surface area contributed by atoms with Crippen molar-refractivity contribution in [3.8, 4) is 0 Å². The summed E-state index contributed by atoms with van der Waals surface area (Å²) in [4.78, 5) is 13.5. The van der Waals surface area contributed by atoms with Crippen molar-refractivity contribution >= 4 is 5.91 Å². The quantitative estimate of drug-likeness (QED) is 0.796. The molecule has 1 aliphatic heterocycles. The van der Waals surface area contributed by atoms with Crippen LogP contribution in [0.2, 0.25) is 0 Å². The van der Waals surface area contributed by atoms with Crippen LogP contribution in [0.4, 0.5) is 0 Å². The molecule has 1 atom stereocenters. The van der Waals surface area contributed by atoms with Crippen LogP contribution < -0.4 is 5.32 Å². The van der Waals surface area contributed by atoms with Crippen molar-refractivity contribution in [2.45, 2.75) is 19.0 Å². The van der Waals surface area contributed by atoms with Crippen molar-refractivity contribution in [1.82, 2.24) is 10.2 Å². The van der Waals surface area contributed by atoms with E-state index in [2.05, 4.69) is 41.1 Å². The molecule has 1 unspecified atom stereocenters.